The van der Waals surface area contributed by atoms with Crippen LogP contribution in [0.25, 0.3) is 0 Å². The molecule has 0 saturated heterocycles. The van der Waals surface area contributed by atoms with Crippen molar-refractivity contribution in [3.63, 3.8) is 0 Å². The van der Waals surface area contributed by atoms with Gasteiger partial charge in [-0.15, -0.1) is 11.6 Å². The first-order valence-corrected chi connectivity index (χ1v) is 7.96. The number of methoxy groups -OCH3 is 1. The van der Waals surface area contributed by atoms with Gasteiger partial charge in [-0.25, -0.2) is 0 Å². The van der Waals surface area contributed by atoms with Crippen LogP contribution in [0.4, 0.5) is 0 Å². The summed E-state index contributed by atoms with van der Waals surface area (Å²) in [6.45, 7) is 7.40. The molecule has 0 aliphatic heterocycles. The molecule has 5 atom stereocenters. The molecule has 0 aromatic carbocycles. The van der Waals surface area contributed by atoms with Crippen LogP contribution in [0.5, 0.6) is 0 Å². The van der Waals surface area contributed by atoms with Crippen molar-refractivity contribution in [3.8, 4) is 0 Å². The molecule has 0 aromatic heterocycles. The predicted octanol–water partition coefficient (Wildman–Crippen LogP) is 4.63. The molecule has 2 heteroatoms. The lowest BCUT2D eigenvalue weighted by Crippen LogP contribution is -2.54. The first kappa shape index (κ1) is 13.2. The number of fused-ring (bicyclic) bond motifs is 4. The van der Waals surface area contributed by atoms with Crippen molar-refractivity contribution in [1.82, 2.24) is 0 Å². The number of alkyl halides is 1. The first-order valence-electron chi connectivity index (χ1n) is 7.52. The molecule has 3 saturated carbocycles. The molecule has 0 radical (unpaired) electrons. The number of ether oxygens (including phenoxy) is 1. The van der Waals surface area contributed by atoms with Gasteiger partial charge in [0.15, 0.2) is 0 Å². The Morgan fingerprint density at radius 2 is 1.78 bits per heavy atom. The van der Waals surface area contributed by atoms with Crippen molar-refractivity contribution in [2.24, 2.45) is 22.7 Å². The van der Waals surface area contributed by atoms with Gasteiger partial charge in [0.1, 0.15) is 0 Å². The Labute approximate surface area is 117 Å². The Hall–Kier alpha value is 0.250. The summed E-state index contributed by atoms with van der Waals surface area (Å²) in [6, 6.07) is 0. The summed E-state index contributed by atoms with van der Waals surface area (Å²) >= 11 is 6.64. The molecular weight excluding hydrogens is 244 g/mol. The van der Waals surface area contributed by atoms with Crippen molar-refractivity contribution in [3.05, 3.63) is 0 Å². The minimum atomic E-state index is -0.0397. The van der Waals surface area contributed by atoms with Crippen LogP contribution in [0.3, 0.4) is 0 Å². The van der Waals surface area contributed by atoms with Crippen molar-refractivity contribution >= 4 is 11.6 Å². The summed E-state index contributed by atoms with van der Waals surface area (Å²) in [5, 5.41) is 0.219. The minimum absolute atomic E-state index is 0.0397. The smallest absolute Gasteiger partial charge is 0.0846 e. The highest BCUT2D eigenvalue weighted by Crippen LogP contribution is 2.67. The molecule has 3 aliphatic rings. The zero-order valence-electron chi connectivity index (χ0n) is 12.3. The van der Waals surface area contributed by atoms with E-state index in [-0.39, 0.29) is 11.0 Å². The Morgan fingerprint density at radius 1 is 1.06 bits per heavy atom. The summed E-state index contributed by atoms with van der Waals surface area (Å²) in [6.07, 6.45) is 7.49. The van der Waals surface area contributed by atoms with Gasteiger partial charge < -0.3 is 4.74 Å². The SMILES string of the molecule is CO[C@@]12CC[C@@H]3[C@H](CC3(C)C)[C@@](C)(CC[C@@H]1Cl)C2. The van der Waals surface area contributed by atoms with Gasteiger partial charge in [-0.2, -0.15) is 0 Å². The topological polar surface area (TPSA) is 9.23 Å². The second-order valence-electron chi connectivity index (χ2n) is 8.05. The van der Waals surface area contributed by atoms with Crippen LogP contribution in [0.2, 0.25) is 0 Å². The zero-order valence-corrected chi connectivity index (χ0v) is 13.0. The molecule has 3 rings (SSSR count). The van der Waals surface area contributed by atoms with Crippen LogP contribution in [-0.2, 0) is 4.74 Å². The molecule has 18 heavy (non-hydrogen) atoms. The van der Waals surface area contributed by atoms with Crippen LogP contribution in [0, 0.1) is 22.7 Å². The second kappa shape index (κ2) is 3.88. The summed E-state index contributed by atoms with van der Waals surface area (Å²) in [5.74, 6) is 1.80. The Bertz CT molecular complexity index is 353. The van der Waals surface area contributed by atoms with E-state index in [0.29, 0.717) is 10.8 Å². The molecular formula is C16H27ClO. The molecule has 0 unspecified atom stereocenters. The minimum Gasteiger partial charge on any atom is -0.377 e. The highest BCUT2D eigenvalue weighted by molar-refractivity contribution is 6.21. The molecule has 0 spiro atoms. The maximum absolute atomic E-state index is 6.64. The maximum atomic E-state index is 6.64. The lowest BCUT2D eigenvalue weighted by atomic mass is 9.46. The lowest BCUT2D eigenvalue weighted by Gasteiger charge is -2.59. The van der Waals surface area contributed by atoms with E-state index < -0.39 is 0 Å². The van der Waals surface area contributed by atoms with Crippen LogP contribution in [0.1, 0.15) is 59.3 Å². The molecule has 3 aliphatic carbocycles. The average molecular weight is 271 g/mol. The highest BCUT2D eigenvalue weighted by atomic mass is 35.5. The molecule has 0 aromatic rings. The van der Waals surface area contributed by atoms with Gasteiger partial charge in [0.05, 0.1) is 11.0 Å². The quantitative estimate of drug-likeness (QED) is 0.632. The normalized spacial score (nSPS) is 54.2. The van der Waals surface area contributed by atoms with E-state index in [9.17, 15) is 0 Å². The molecule has 0 N–H and O–H groups in total. The first-order chi connectivity index (χ1) is 8.33. The molecule has 3 fully saturated rings. The van der Waals surface area contributed by atoms with Gasteiger partial charge >= 0.3 is 0 Å². The van der Waals surface area contributed by atoms with Crippen LogP contribution < -0.4 is 0 Å². The van der Waals surface area contributed by atoms with E-state index in [0.717, 1.165) is 24.7 Å². The van der Waals surface area contributed by atoms with Crippen molar-refractivity contribution in [1.29, 1.82) is 0 Å². The highest BCUT2D eigenvalue weighted by Gasteiger charge is 2.61. The van der Waals surface area contributed by atoms with E-state index in [1.165, 1.54) is 25.7 Å². The summed E-state index contributed by atoms with van der Waals surface area (Å²) in [5.41, 5.74) is 0.974. The number of hydrogen-bond acceptors (Lipinski definition) is 1. The number of rotatable bonds is 1. The van der Waals surface area contributed by atoms with E-state index in [4.69, 9.17) is 16.3 Å². The van der Waals surface area contributed by atoms with Gasteiger partial charge in [-0.05, 0) is 61.2 Å². The largest absolute Gasteiger partial charge is 0.377 e. The number of hydrogen-bond donors (Lipinski definition) is 0. The van der Waals surface area contributed by atoms with E-state index in [1.807, 2.05) is 7.11 Å². The fourth-order valence-corrected chi connectivity index (χ4v) is 5.82. The van der Waals surface area contributed by atoms with Gasteiger partial charge in [-0.3, -0.25) is 0 Å². The Morgan fingerprint density at radius 3 is 2.39 bits per heavy atom. The standard InChI is InChI=1S/C16H27ClO/c1-14(2)9-12-11(14)5-8-16(18-4)10-15(12,3)7-6-13(16)17/h11-13H,5-10H2,1-4H3/t11-,12+,13+,15+,16-/m1/s1. The molecule has 104 valence electrons. The maximum Gasteiger partial charge on any atom is 0.0846 e. The lowest BCUT2D eigenvalue weighted by molar-refractivity contribution is -0.117. The average Bonchev–Trinajstić information content (AvgIpc) is 2.39. The van der Waals surface area contributed by atoms with Crippen molar-refractivity contribution < 1.29 is 4.74 Å². The Balaban J connectivity index is 1.94. The predicted molar refractivity (Wildman–Crippen MR) is 76.0 cm³/mol. The van der Waals surface area contributed by atoms with E-state index in [2.05, 4.69) is 20.8 Å². The van der Waals surface area contributed by atoms with Crippen molar-refractivity contribution in [2.45, 2.75) is 70.3 Å². The number of halogens is 1. The monoisotopic (exact) mass is 270 g/mol. The van der Waals surface area contributed by atoms with Crippen LogP contribution in [0.15, 0.2) is 0 Å². The molecule has 0 heterocycles. The third-order valence-corrected chi connectivity index (χ3v) is 7.27. The summed E-state index contributed by atoms with van der Waals surface area (Å²) < 4.78 is 5.97. The summed E-state index contributed by atoms with van der Waals surface area (Å²) in [7, 11) is 1.87. The van der Waals surface area contributed by atoms with Gasteiger partial charge in [-0.1, -0.05) is 20.8 Å². The third kappa shape index (κ3) is 1.62. The van der Waals surface area contributed by atoms with Crippen molar-refractivity contribution in [2.75, 3.05) is 7.11 Å². The molecule has 1 nitrogen and oxygen atoms in total. The van der Waals surface area contributed by atoms with Crippen LogP contribution >= 0.6 is 11.6 Å². The van der Waals surface area contributed by atoms with E-state index >= 15 is 0 Å². The Kier molecular flexibility index (Phi) is 2.86. The molecule has 0 amide bonds. The van der Waals surface area contributed by atoms with E-state index in [1.54, 1.807) is 0 Å². The summed E-state index contributed by atoms with van der Waals surface area (Å²) in [4.78, 5) is 0. The van der Waals surface area contributed by atoms with Gasteiger partial charge in [0.2, 0.25) is 0 Å². The molecule has 2 bridgehead atoms. The zero-order chi connectivity index (χ0) is 13.2. The van der Waals surface area contributed by atoms with Gasteiger partial charge in [0, 0.05) is 7.11 Å². The fraction of sp³-hybridized carbons (Fsp3) is 1.00. The third-order valence-electron chi connectivity index (χ3n) is 6.66. The van der Waals surface area contributed by atoms with Gasteiger partial charge in [0.25, 0.3) is 0 Å². The second-order valence-corrected chi connectivity index (χ2v) is 8.58. The fourth-order valence-electron chi connectivity index (χ4n) is 5.43. The van der Waals surface area contributed by atoms with Crippen LogP contribution in [-0.4, -0.2) is 18.1 Å².